The van der Waals surface area contributed by atoms with Crippen molar-refractivity contribution >= 4 is 43.5 Å². The molecule has 21 heavy (non-hydrogen) atoms. The van der Waals surface area contributed by atoms with Gasteiger partial charge in [-0.1, -0.05) is 46.3 Å². The Labute approximate surface area is 134 Å². The second kappa shape index (κ2) is 5.95. The van der Waals surface area contributed by atoms with E-state index < -0.39 is 11.9 Å². The third-order valence-corrected chi connectivity index (χ3v) is 5.08. The Morgan fingerprint density at radius 1 is 1.19 bits per heavy atom. The number of hydrogen-bond donors (Lipinski definition) is 1. The average molecular weight is 362 g/mol. The lowest BCUT2D eigenvalue weighted by molar-refractivity contribution is -0.138. The van der Waals surface area contributed by atoms with Crippen molar-refractivity contribution in [1.29, 1.82) is 0 Å². The minimum atomic E-state index is -0.832. The lowest BCUT2D eigenvalue weighted by Crippen LogP contribution is -2.14. The summed E-state index contributed by atoms with van der Waals surface area (Å²) in [6.07, 6.45) is 0.400. The Morgan fingerprint density at radius 2 is 1.90 bits per heavy atom. The molecule has 3 rings (SSSR count). The van der Waals surface area contributed by atoms with Gasteiger partial charge in [-0.25, -0.2) is 4.98 Å². The molecule has 0 saturated carbocycles. The molecule has 1 unspecified atom stereocenters. The standard InChI is InChI=1S/C16H12BrNO2S/c17-12-6-2-1-5-10(12)11(16(19)20)9-15-18-13-7-3-4-8-14(13)21-15/h1-8,11H,9H2,(H,19,20). The lowest BCUT2D eigenvalue weighted by atomic mass is 9.96. The van der Waals surface area contributed by atoms with E-state index in [2.05, 4.69) is 20.9 Å². The van der Waals surface area contributed by atoms with Crippen LogP contribution in [0.4, 0.5) is 0 Å². The van der Waals surface area contributed by atoms with Gasteiger partial charge in [0.05, 0.1) is 21.1 Å². The zero-order valence-electron chi connectivity index (χ0n) is 11.0. The minimum Gasteiger partial charge on any atom is -0.481 e. The van der Waals surface area contributed by atoms with E-state index in [1.54, 1.807) is 11.3 Å². The predicted octanol–water partition coefficient (Wildman–Crippen LogP) is 4.47. The largest absolute Gasteiger partial charge is 0.481 e. The van der Waals surface area contributed by atoms with E-state index >= 15 is 0 Å². The van der Waals surface area contributed by atoms with Crippen LogP contribution in [0.25, 0.3) is 10.2 Å². The maximum absolute atomic E-state index is 11.6. The van der Waals surface area contributed by atoms with Gasteiger partial charge in [0.2, 0.25) is 0 Å². The number of thiazole rings is 1. The van der Waals surface area contributed by atoms with E-state index in [0.717, 1.165) is 25.3 Å². The van der Waals surface area contributed by atoms with Crippen LogP contribution in [0.3, 0.4) is 0 Å². The summed E-state index contributed by atoms with van der Waals surface area (Å²) in [5, 5.41) is 10.4. The molecule has 0 radical (unpaired) electrons. The van der Waals surface area contributed by atoms with Crippen molar-refractivity contribution in [2.24, 2.45) is 0 Å². The highest BCUT2D eigenvalue weighted by molar-refractivity contribution is 9.10. The van der Waals surface area contributed by atoms with Crippen LogP contribution in [0.2, 0.25) is 0 Å². The predicted molar refractivity (Wildman–Crippen MR) is 87.8 cm³/mol. The maximum atomic E-state index is 11.6. The number of fused-ring (bicyclic) bond motifs is 1. The monoisotopic (exact) mass is 361 g/mol. The fraction of sp³-hybridized carbons (Fsp3) is 0.125. The van der Waals surface area contributed by atoms with Crippen molar-refractivity contribution in [1.82, 2.24) is 4.98 Å². The number of nitrogens with zero attached hydrogens (tertiary/aromatic N) is 1. The number of hydrogen-bond acceptors (Lipinski definition) is 3. The summed E-state index contributed by atoms with van der Waals surface area (Å²) in [5.41, 5.74) is 1.71. The molecule has 3 aromatic rings. The number of aromatic nitrogens is 1. The van der Waals surface area contributed by atoms with E-state index in [4.69, 9.17) is 0 Å². The molecule has 1 atom stereocenters. The van der Waals surface area contributed by atoms with Crippen molar-refractivity contribution in [3.05, 3.63) is 63.6 Å². The fourth-order valence-electron chi connectivity index (χ4n) is 2.27. The van der Waals surface area contributed by atoms with Gasteiger partial charge in [-0.05, 0) is 23.8 Å². The third kappa shape index (κ3) is 2.99. The molecule has 106 valence electrons. The smallest absolute Gasteiger partial charge is 0.311 e. The van der Waals surface area contributed by atoms with Crippen molar-refractivity contribution in [3.8, 4) is 0 Å². The second-order valence-electron chi connectivity index (χ2n) is 4.69. The number of halogens is 1. The topological polar surface area (TPSA) is 50.2 Å². The molecule has 0 spiro atoms. The van der Waals surface area contributed by atoms with Gasteiger partial charge in [0.15, 0.2) is 0 Å². The molecule has 0 aliphatic carbocycles. The van der Waals surface area contributed by atoms with Crippen LogP contribution in [0, 0.1) is 0 Å². The van der Waals surface area contributed by atoms with Gasteiger partial charge in [-0.15, -0.1) is 11.3 Å². The molecular formula is C16H12BrNO2S. The number of benzene rings is 2. The summed E-state index contributed by atoms with van der Waals surface area (Å²) in [5.74, 6) is -1.43. The highest BCUT2D eigenvalue weighted by Gasteiger charge is 2.23. The van der Waals surface area contributed by atoms with E-state index in [9.17, 15) is 9.90 Å². The van der Waals surface area contributed by atoms with Gasteiger partial charge in [0.25, 0.3) is 0 Å². The van der Waals surface area contributed by atoms with Crippen LogP contribution in [-0.2, 0) is 11.2 Å². The van der Waals surface area contributed by atoms with Crippen LogP contribution in [0.5, 0.6) is 0 Å². The normalized spacial score (nSPS) is 12.4. The highest BCUT2D eigenvalue weighted by Crippen LogP contribution is 2.31. The van der Waals surface area contributed by atoms with Gasteiger partial charge in [0, 0.05) is 10.9 Å². The number of aliphatic carboxylic acids is 1. The first kappa shape index (κ1) is 14.2. The molecule has 0 amide bonds. The van der Waals surface area contributed by atoms with Crippen molar-refractivity contribution in [2.45, 2.75) is 12.3 Å². The summed E-state index contributed by atoms with van der Waals surface area (Å²) in [6, 6.07) is 15.3. The lowest BCUT2D eigenvalue weighted by Gasteiger charge is -2.12. The highest BCUT2D eigenvalue weighted by atomic mass is 79.9. The third-order valence-electron chi connectivity index (χ3n) is 3.30. The Bertz CT molecular complexity index is 767. The van der Waals surface area contributed by atoms with Crippen LogP contribution in [0.1, 0.15) is 16.5 Å². The Balaban J connectivity index is 1.96. The first-order valence-electron chi connectivity index (χ1n) is 6.47. The number of carboxylic acid groups (broad SMARTS) is 1. The number of para-hydroxylation sites is 1. The SMILES string of the molecule is O=C(O)C(Cc1nc2ccccc2s1)c1ccccc1Br. The van der Waals surface area contributed by atoms with Crippen LogP contribution in [0.15, 0.2) is 53.0 Å². The molecule has 2 aromatic carbocycles. The van der Waals surface area contributed by atoms with Gasteiger partial charge >= 0.3 is 5.97 Å². The molecular weight excluding hydrogens is 350 g/mol. The molecule has 3 nitrogen and oxygen atoms in total. The van der Waals surface area contributed by atoms with Gasteiger partial charge in [-0.2, -0.15) is 0 Å². The van der Waals surface area contributed by atoms with Crippen LogP contribution >= 0.6 is 27.3 Å². The Kier molecular flexibility index (Phi) is 4.03. The summed E-state index contributed by atoms with van der Waals surface area (Å²) in [6.45, 7) is 0. The molecule has 0 bridgehead atoms. The van der Waals surface area contributed by atoms with E-state index in [1.807, 2.05) is 48.5 Å². The second-order valence-corrected chi connectivity index (χ2v) is 6.66. The quantitative estimate of drug-likeness (QED) is 0.745. The zero-order valence-corrected chi connectivity index (χ0v) is 13.4. The first-order valence-corrected chi connectivity index (χ1v) is 8.08. The average Bonchev–Trinajstić information content (AvgIpc) is 2.88. The van der Waals surface area contributed by atoms with E-state index in [1.165, 1.54) is 0 Å². The summed E-state index contributed by atoms with van der Waals surface area (Å²) >= 11 is 4.99. The van der Waals surface area contributed by atoms with Gasteiger partial charge < -0.3 is 5.11 Å². The van der Waals surface area contributed by atoms with Crippen LogP contribution < -0.4 is 0 Å². The number of carbonyl (C=O) groups is 1. The van der Waals surface area contributed by atoms with Gasteiger partial charge in [0.1, 0.15) is 0 Å². The maximum Gasteiger partial charge on any atom is 0.311 e. The number of carboxylic acids is 1. The van der Waals surface area contributed by atoms with Crippen molar-refractivity contribution in [2.75, 3.05) is 0 Å². The molecule has 0 aliphatic heterocycles. The van der Waals surface area contributed by atoms with Gasteiger partial charge in [-0.3, -0.25) is 4.79 Å². The summed E-state index contributed by atoms with van der Waals surface area (Å²) in [4.78, 5) is 16.2. The molecule has 1 aromatic heterocycles. The summed E-state index contributed by atoms with van der Waals surface area (Å²) < 4.78 is 1.90. The minimum absolute atomic E-state index is 0.400. The first-order chi connectivity index (χ1) is 10.1. The molecule has 5 heteroatoms. The molecule has 1 heterocycles. The zero-order chi connectivity index (χ0) is 14.8. The van der Waals surface area contributed by atoms with Crippen molar-refractivity contribution in [3.63, 3.8) is 0 Å². The van der Waals surface area contributed by atoms with E-state index in [-0.39, 0.29) is 0 Å². The van der Waals surface area contributed by atoms with Crippen LogP contribution in [-0.4, -0.2) is 16.1 Å². The summed E-state index contributed by atoms with van der Waals surface area (Å²) in [7, 11) is 0. The Morgan fingerprint density at radius 3 is 2.62 bits per heavy atom. The Hall–Kier alpha value is -1.72. The molecule has 0 aliphatic rings. The fourth-order valence-corrected chi connectivity index (χ4v) is 3.84. The van der Waals surface area contributed by atoms with E-state index in [0.29, 0.717) is 6.42 Å². The molecule has 1 N–H and O–H groups in total. The number of rotatable bonds is 4. The van der Waals surface area contributed by atoms with Crippen molar-refractivity contribution < 1.29 is 9.90 Å². The molecule has 0 saturated heterocycles. The molecule has 0 fully saturated rings.